The van der Waals surface area contributed by atoms with E-state index in [1.54, 1.807) is 6.07 Å². The molecule has 0 bridgehead atoms. The van der Waals surface area contributed by atoms with Crippen LogP contribution < -0.4 is 4.74 Å². The first-order valence-electron chi connectivity index (χ1n) is 4.62. The van der Waals surface area contributed by atoms with E-state index in [-0.39, 0.29) is 5.82 Å². The highest BCUT2D eigenvalue weighted by Gasteiger charge is 2.07. The van der Waals surface area contributed by atoms with Crippen LogP contribution in [-0.2, 0) is 0 Å². The second-order valence-corrected chi connectivity index (χ2v) is 5.41. The summed E-state index contributed by atoms with van der Waals surface area (Å²) in [4.78, 5) is 5.33. The standard InChI is InChI=1S/C11H9BrFNOS/c1-6-7(2)16-11(14-6)15-10-4-8(12)3-9(13)5-10/h3-5H,1-2H3. The van der Waals surface area contributed by atoms with Crippen molar-refractivity contribution in [3.05, 3.63) is 39.1 Å². The van der Waals surface area contributed by atoms with Crippen molar-refractivity contribution in [2.45, 2.75) is 13.8 Å². The van der Waals surface area contributed by atoms with E-state index < -0.39 is 0 Å². The molecular formula is C11H9BrFNOS. The summed E-state index contributed by atoms with van der Waals surface area (Å²) in [7, 11) is 0. The molecule has 16 heavy (non-hydrogen) atoms. The van der Waals surface area contributed by atoms with Gasteiger partial charge in [-0.1, -0.05) is 27.3 Å². The SMILES string of the molecule is Cc1nc(Oc2cc(F)cc(Br)c2)sc1C. The van der Waals surface area contributed by atoms with Gasteiger partial charge < -0.3 is 4.74 Å². The fourth-order valence-corrected chi connectivity index (χ4v) is 2.40. The first kappa shape index (κ1) is 11.5. The lowest BCUT2D eigenvalue weighted by Gasteiger charge is -2.02. The molecule has 0 aliphatic carbocycles. The van der Waals surface area contributed by atoms with Crippen LogP contribution in [0.4, 0.5) is 4.39 Å². The predicted molar refractivity (Wildman–Crippen MR) is 65.8 cm³/mol. The van der Waals surface area contributed by atoms with Gasteiger partial charge in [0.1, 0.15) is 11.6 Å². The van der Waals surface area contributed by atoms with Gasteiger partial charge in [0, 0.05) is 15.4 Å². The largest absolute Gasteiger partial charge is 0.431 e. The zero-order chi connectivity index (χ0) is 11.7. The minimum absolute atomic E-state index is 0.339. The normalized spacial score (nSPS) is 10.5. The van der Waals surface area contributed by atoms with Gasteiger partial charge in [-0.3, -0.25) is 0 Å². The predicted octanol–water partition coefficient (Wildman–Crippen LogP) is 4.45. The zero-order valence-corrected chi connectivity index (χ0v) is 11.2. The molecule has 0 atom stereocenters. The Bertz CT molecular complexity index is 487. The average Bonchev–Trinajstić information content (AvgIpc) is 2.43. The van der Waals surface area contributed by atoms with Crippen LogP contribution in [0, 0.1) is 19.7 Å². The highest BCUT2D eigenvalue weighted by Crippen LogP contribution is 2.30. The fraction of sp³-hybridized carbons (Fsp3) is 0.182. The van der Waals surface area contributed by atoms with Gasteiger partial charge in [-0.2, -0.15) is 0 Å². The molecule has 0 N–H and O–H groups in total. The minimum atomic E-state index is -0.339. The van der Waals surface area contributed by atoms with Crippen molar-refractivity contribution in [2.24, 2.45) is 0 Å². The third-order valence-electron chi connectivity index (χ3n) is 2.05. The lowest BCUT2D eigenvalue weighted by molar-refractivity contribution is 0.472. The Balaban J connectivity index is 2.26. The Labute approximate surface area is 105 Å². The Morgan fingerprint density at radius 2 is 2.06 bits per heavy atom. The van der Waals surface area contributed by atoms with Gasteiger partial charge in [0.25, 0.3) is 5.19 Å². The Kier molecular flexibility index (Phi) is 3.25. The summed E-state index contributed by atoms with van der Waals surface area (Å²) >= 11 is 4.66. The molecule has 84 valence electrons. The van der Waals surface area contributed by atoms with Crippen molar-refractivity contribution in [1.29, 1.82) is 0 Å². The Hall–Kier alpha value is -0.940. The molecule has 0 aliphatic rings. The molecule has 2 nitrogen and oxygen atoms in total. The first-order chi connectivity index (χ1) is 7.54. The number of halogens is 2. The van der Waals surface area contributed by atoms with Gasteiger partial charge in [0.15, 0.2) is 0 Å². The van der Waals surface area contributed by atoms with Crippen molar-refractivity contribution in [1.82, 2.24) is 4.98 Å². The van der Waals surface area contributed by atoms with Crippen molar-refractivity contribution < 1.29 is 9.13 Å². The maximum absolute atomic E-state index is 13.1. The second-order valence-electron chi connectivity index (χ2n) is 3.33. The van der Waals surface area contributed by atoms with Crippen LogP contribution >= 0.6 is 27.3 Å². The van der Waals surface area contributed by atoms with Crippen molar-refractivity contribution in [3.63, 3.8) is 0 Å². The maximum Gasteiger partial charge on any atom is 0.279 e. The van der Waals surface area contributed by atoms with Gasteiger partial charge >= 0.3 is 0 Å². The highest BCUT2D eigenvalue weighted by atomic mass is 79.9. The van der Waals surface area contributed by atoms with Crippen LogP contribution in [0.15, 0.2) is 22.7 Å². The second kappa shape index (κ2) is 4.51. The van der Waals surface area contributed by atoms with E-state index in [4.69, 9.17) is 4.74 Å². The summed E-state index contributed by atoms with van der Waals surface area (Å²) in [5.41, 5.74) is 0.940. The van der Waals surface area contributed by atoms with Gasteiger partial charge in [0.05, 0.1) is 5.69 Å². The van der Waals surface area contributed by atoms with Gasteiger partial charge in [-0.05, 0) is 26.0 Å². The summed E-state index contributed by atoms with van der Waals surface area (Å²) in [5, 5.41) is 0.535. The Morgan fingerprint density at radius 1 is 1.31 bits per heavy atom. The zero-order valence-electron chi connectivity index (χ0n) is 8.75. The van der Waals surface area contributed by atoms with E-state index in [2.05, 4.69) is 20.9 Å². The molecule has 2 aromatic rings. The molecular weight excluding hydrogens is 293 g/mol. The third kappa shape index (κ3) is 2.59. The summed E-state index contributed by atoms with van der Waals surface area (Å²) in [6, 6.07) is 4.41. The summed E-state index contributed by atoms with van der Waals surface area (Å²) < 4.78 is 19.2. The van der Waals surface area contributed by atoms with Crippen LogP contribution in [0.2, 0.25) is 0 Å². The summed E-state index contributed by atoms with van der Waals surface area (Å²) in [6.07, 6.45) is 0. The number of thiazole rings is 1. The fourth-order valence-electron chi connectivity index (χ4n) is 1.18. The molecule has 0 saturated heterocycles. The van der Waals surface area contributed by atoms with E-state index in [1.807, 2.05) is 13.8 Å². The van der Waals surface area contributed by atoms with Crippen molar-refractivity contribution in [2.75, 3.05) is 0 Å². The summed E-state index contributed by atoms with van der Waals surface area (Å²) in [6.45, 7) is 3.89. The molecule has 0 radical (unpaired) electrons. The number of rotatable bonds is 2. The number of aromatic nitrogens is 1. The van der Waals surface area contributed by atoms with Crippen LogP contribution in [0.5, 0.6) is 10.9 Å². The highest BCUT2D eigenvalue weighted by molar-refractivity contribution is 9.10. The smallest absolute Gasteiger partial charge is 0.279 e. The molecule has 1 aromatic heterocycles. The molecule has 0 unspecified atom stereocenters. The molecule has 0 saturated carbocycles. The molecule has 0 fully saturated rings. The monoisotopic (exact) mass is 301 g/mol. The van der Waals surface area contributed by atoms with Crippen LogP contribution in [-0.4, -0.2) is 4.98 Å². The number of nitrogens with zero attached hydrogens (tertiary/aromatic N) is 1. The number of benzene rings is 1. The van der Waals surface area contributed by atoms with Gasteiger partial charge in [-0.25, -0.2) is 9.37 Å². The quantitative estimate of drug-likeness (QED) is 0.817. The van der Waals surface area contributed by atoms with E-state index in [0.29, 0.717) is 15.4 Å². The van der Waals surface area contributed by atoms with Crippen LogP contribution in [0.25, 0.3) is 0 Å². The number of aryl methyl sites for hydroxylation is 2. The molecule has 5 heteroatoms. The van der Waals surface area contributed by atoms with Gasteiger partial charge in [-0.15, -0.1) is 0 Å². The van der Waals surface area contributed by atoms with Crippen molar-refractivity contribution in [3.8, 4) is 10.9 Å². The van der Waals surface area contributed by atoms with Crippen molar-refractivity contribution >= 4 is 27.3 Å². The van der Waals surface area contributed by atoms with E-state index in [0.717, 1.165) is 10.6 Å². The maximum atomic E-state index is 13.1. The number of hydrogen-bond acceptors (Lipinski definition) is 3. The molecule has 1 aromatic carbocycles. The number of ether oxygens (including phenoxy) is 1. The van der Waals surface area contributed by atoms with E-state index in [1.165, 1.54) is 23.5 Å². The van der Waals surface area contributed by atoms with Crippen LogP contribution in [0.1, 0.15) is 10.6 Å². The Morgan fingerprint density at radius 3 is 2.62 bits per heavy atom. The average molecular weight is 302 g/mol. The number of hydrogen-bond donors (Lipinski definition) is 0. The molecule has 2 rings (SSSR count). The summed E-state index contributed by atoms with van der Waals surface area (Å²) in [5.74, 6) is 0.106. The molecule has 1 heterocycles. The van der Waals surface area contributed by atoms with E-state index >= 15 is 0 Å². The lowest BCUT2D eigenvalue weighted by atomic mass is 10.3. The molecule has 0 spiro atoms. The third-order valence-corrected chi connectivity index (χ3v) is 3.46. The molecule has 0 aliphatic heterocycles. The molecule has 0 amide bonds. The minimum Gasteiger partial charge on any atom is -0.431 e. The van der Waals surface area contributed by atoms with Crippen LogP contribution in [0.3, 0.4) is 0 Å². The lowest BCUT2D eigenvalue weighted by Crippen LogP contribution is -1.85. The van der Waals surface area contributed by atoms with Gasteiger partial charge in [0.2, 0.25) is 0 Å². The first-order valence-corrected chi connectivity index (χ1v) is 6.23. The van der Waals surface area contributed by atoms with E-state index in [9.17, 15) is 4.39 Å². The topological polar surface area (TPSA) is 22.1 Å².